The molecule has 0 saturated carbocycles. The Balaban J connectivity index is 0.000000371. The number of hydrogen-bond acceptors (Lipinski definition) is 2. The Morgan fingerprint density at radius 3 is 2.40 bits per heavy atom. The topological polar surface area (TPSA) is 39.2 Å². The Bertz CT molecular complexity index is 174. The van der Waals surface area contributed by atoms with E-state index in [-0.39, 0.29) is 0 Å². The summed E-state index contributed by atoms with van der Waals surface area (Å²) >= 11 is 3.22. The maximum absolute atomic E-state index is 5.25. The molecular weight excluding hydrogens is 194 g/mol. The molecule has 0 bridgehead atoms. The Morgan fingerprint density at radius 1 is 1.60 bits per heavy atom. The van der Waals surface area contributed by atoms with Crippen molar-refractivity contribution in [3.8, 4) is 0 Å². The van der Waals surface area contributed by atoms with Crippen molar-refractivity contribution >= 4 is 15.9 Å². The quantitative estimate of drug-likeness (QED) is 0.766. The summed E-state index contributed by atoms with van der Waals surface area (Å²) in [7, 11) is 0. The van der Waals surface area contributed by atoms with Crippen molar-refractivity contribution in [2.45, 2.75) is 20.4 Å². The first-order valence-corrected chi connectivity index (χ1v) is 4.05. The molecule has 0 aliphatic carbocycles. The smallest absolute Gasteiger partial charge is 0.118 e. The highest BCUT2D eigenvalue weighted by molar-refractivity contribution is 9.10. The molecule has 10 heavy (non-hydrogen) atoms. The summed E-state index contributed by atoms with van der Waals surface area (Å²) in [5.74, 6) is 0.803. The third-order valence-corrected chi connectivity index (χ3v) is 1.24. The first kappa shape index (κ1) is 9.72. The molecule has 0 saturated heterocycles. The third kappa shape index (κ3) is 3.03. The maximum atomic E-state index is 5.25. The zero-order valence-corrected chi connectivity index (χ0v) is 7.81. The number of nitrogens with two attached hydrogens (primary N) is 1. The molecule has 0 atom stereocenters. The monoisotopic (exact) mass is 205 g/mol. The van der Waals surface area contributed by atoms with Crippen LogP contribution in [0.4, 0.5) is 0 Å². The molecule has 0 fully saturated rings. The third-order valence-electron chi connectivity index (χ3n) is 0.823. The lowest BCUT2D eigenvalue weighted by Gasteiger charge is -1.80. The van der Waals surface area contributed by atoms with Crippen LogP contribution in [0.2, 0.25) is 0 Å². The zero-order valence-electron chi connectivity index (χ0n) is 6.23. The number of rotatable bonds is 1. The van der Waals surface area contributed by atoms with Crippen LogP contribution in [0.1, 0.15) is 19.6 Å². The van der Waals surface area contributed by atoms with E-state index in [1.807, 2.05) is 19.9 Å². The molecule has 0 aliphatic heterocycles. The maximum Gasteiger partial charge on any atom is 0.118 e. The van der Waals surface area contributed by atoms with Crippen LogP contribution in [0.3, 0.4) is 0 Å². The Kier molecular flexibility index (Phi) is 5.35. The molecular formula is C7H12BrNO. The lowest BCUT2D eigenvalue weighted by Crippen LogP contribution is -1.92. The minimum absolute atomic E-state index is 0.464. The molecule has 1 aromatic heterocycles. The van der Waals surface area contributed by atoms with E-state index in [9.17, 15) is 0 Å². The van der Waals surface area contributed by atoms with Crippen LogP contribution >= 0.6 is 15.9 Å². The van der Waals surface area contributed by atoms with Gasteiger partial charge in [-0.05, 0) is 22.0 Å². The molecule has 3 heteroatoms. The summed E-state index contributed by atoms with van der Waals surface area (Å²) in [5.41, 5.74) is 5.25. The summed E-state index contributed by atoms with van der Waals surface area (Å²) in [4.78, 5) is 0. The number of hydrogen-bond donors (Lipinski definition) is 1. The Hall–Kier alpha value is -0.280. The van der Waals surface area contributed by atoms with Crippen molar-refractivity contribution in [3.63, 3.8) is 0 Å². The van der Waals surface area contributed by atoms with Crippen LogP contribution in [0, 0.1) is 0 Å². The summed E-state index contributed by atoms with van der Waals surface area (Å²) < 4.78 is 5.88. The van der Waals surface area contributed by atoms with Crippen molar-refractivity contribution in [1.29, 1.82) is 0 Å². The summed E-state index contributed by atoms with van der Waals surface area (Å²) in [6.07, 6.45) is 1.61. The van der Waals surface area contributed by atoms with E-state index >= 15 is 0 Å². The van der Waals surface area contributed by atoms with Crippen molar-refractivity contribution in [2.24, 2.45) is 5.73 Å². The van der Waals surface area contributed by atoms with Gasteiger partial charge in [0.15, 0.2) is 0 Å². The molecule has 0 radical (unpaired) electrons. The largest absolute Gasteiger partial charge is 0.467 e. The Morgan fingerprint density at radius 2 is 2.20 bits per heavy atom. The molecule has 0 unspecified atom stereocenters. The fourth-order valence-electron chi connectivity index (χ4n) is 0.461. The molecule has 2 nitrogen and oxygen atoms in total. The van der Waals surface area contributed by atoms with Crippen LogP contribution in [-0.2, 0) is 6.54 Å². The van der Waals surface area contributed by atoms with Gasteiger partial charge in [0.25, 0.3) is 0 Å². The van der Waals surface area contributed by atoms with Crippen LogP contribution in [0.25, 0.3) is 0 Å². The van der Waals surface area contributed by atoms with Gasteiger partial charge in [-0.25, -0.2) is 0 Å². The first-order valence-electron chi connectivity index (χ1n) is 3.26. The predicted octanol–water partition coefficient (Wildman–Crippen LogP) is 2.53. The van der Waals surface area contributed by atoms with Gasteiger partial charge in [-0.3, -0.25) is 0 Å². The molecule has 1 heterocycles. The molecule has 1 rings (SSSR count). The van der Waals surface area contributed by atoms with Crippen LogP contribution in [-0.4, -0.2) is 0 Å². The van der Waals surface area contributed by atoms with E-state index in [2.05, 4.69) is 15.9 Å². The standard InChI is InChI=1S/C5H6BrNO.C2H6/c6-4-1-5(2-7)8-3-4;1-2/h1,3H,2,7H2;1-2H3. The summed E-state index contributed by atoms with van der Waals surface area (Å²) in [6.45, 7) is 4.46. The highest BCUT2D eigenvalue weighted by Crippen LogP contribution is 2.12. The molecule has 0 spiro atoms. The minimum atomic E-state index is 0.464. The van der Waals surface area contributed by atoms with Gasteiger partial charge in [0, 0.05) is 0 Å². The molecule has 0 aromatic carbocycles. The number of halogens is 1. The van der Waals surface area contributed by atoms with E-state index in [0.717, 1.165) is 10.2 Å². The fourth-order valence-corrected chi connectivity index (χ4v) is 0.810. The first-order chi connectivity index (χ1) is 4.83. The van der Waals surface area contributed by atoms with E-state index in [0.29, 0.717) is 6.54 Å². The second kappa shape index (κ2) is 5.50. The van der Waals surface area contributed by atoms with Gasteiger partial charge in [-0.2, -0.15) is 0 Å². The second-order valence-corrected chi connectivity index (χ2v) is 2.35. The molecule has 0 aliphatic rings. The fraction of sp³-hybridized carbons (Fsp3) is 0.429. The second-order valence-electron chi connectivity index (χ2n) is 1.44. The summed E-state index contributed by atoms with van der Waals surface area (Å²) in [6, 6.07) is 1.85. The van der Waals surface area contributed by atoms with Crippen molar-refractivity contribution in [1.82, 2.24) is 0 Å². The van der Waals surface area contributed by atoms with Gasteiger partial charge in [-0.1, -0.05) is 13.8 Å². The highest BCUT2D eigenvalue weighted by Gasteiger charge is 1.92. The van der Waals surface area contributed by atoms with Gasteiger partial charge >= 0.3 is 0 Å². The van der Waals surface area contributed by atoms with Gasteiger partial charge in [0.05, 0.1) is 11.0 Å². The molecule has 0 amide bonds. The zero-order chi connectivity index (χ0) is 7.98. The van der Waals surface area contributed by atoms with Gasteiger partial charge in [0.1, 0.15) is 12.0 Å². The van der Waals surface area contributed by atoms with Crippen molar-refractivity contribution < 1.29 is 4.42 Å². The molecule has 1 aromatic rings. The van der Waals surface area contributed by atoms with Gasteiger partial charge in [0.2, 0.25) is 0 Å². The normalized spacial score (nSPS) is 8.40. The number of furan rings is 1. The van der Waals surface area contributed by atoms with E-state index < -0.39 is 0 Å². The van der Waals surface area contributed by atoms with Crippen LogP contribution in [0.15, 0.2) is 21.2 Å². The minimum Gasteiger partial charge on any atom is -0.467 e. The Labute approximate surface area is 69.5 Å². The average molecular weight is 206 g/mol. The van der Waals surface area contributed by atoms with Gasteiger partial charge < -0.3 is 10.2 Å². The average Bonchev–Trinajstić information content (AvgIpc) is 2.40. The lowest BCUT2D eigenvalue weighted by molar-refractivity contribution is 0.511. The van der Waals surface area contributed by atoms with Crippen LogP contribution in [0.5, 0.6) is 0 Å². The predicted molar refractivity (Wildman–Crippen MR) is 45.6 cm³/mol. The lowest BCUT2D eigenvalue weighted by atomic mass is 10.5. The van der Waals surface area contributed by atoms with Gasteiger partial charge in [-0.15, -0.1) is 0 Å². The highest BCUT2D eigenvalue weighted by atomic mass is 79.9. The summed E-state index contributed by atoms with van der Waals surface area (Å²) in [5, 5.41) is 0. The van der Waals surface area contributed by atoms with Crippen LogP contribution < -0.4 is 5.73 Å². The molecule has 2 N–H and O–H groups in total. The van der Waals surface area contributed by atoms with Crippen molar-refractivity contribution in [2.75, 3.05) is 0 Å². The van der Waals surface area contributed by atoms with E-state index in [1.165, 1.54) is 0 Å². The SMILES string of the molecule is CC.NCc1cc(Br)co1. The van der Waals surface area contributed by atoms with E-state index in [4.69, 9.17) is 10.2 Å². The van der Waals surface area contributed by atoms with E-state index in [1.54, 1.807) is 6.26 Å². The molecule has 58 valence electrons. The van der Waals surface area contributed by atoms with Crippen molar-refractivity contribution in [3.05, 3.63) is 22.6 Å².